The SMILES string of the molecule is CC(=O)C=C(C)O.CC(=O)C=C(C)O.CC(=O)C=C(C)O.CC(C)(C)C(=O)C=C(O)C(C)(C)C.CC(C)(C)c1c[c-]c(-c2nccc3ccccc23)cc1.Cc1cc(-c2nccc3ccccc23)[c-]cc1F.Cc1cc[c-]c(-c2cc3ccccc3cn2)c1.FC(F)(F)c1c[c-]c(-c2nccc3ccccc23)cc1.Fc1[c-]c(-c2nccc3ccccc23)cc(F)c1.[Ir].[Ir].[Ir].[Ir].[Ir]. The smallest absolute Gasteiger partial charge is 0.381 e. The zero-order valence-electron chi connectivity index (χ0n) is 75.7. The summed E-state index contributed by atoms with van der Waals surface area (Å²) in [6.45, 7) is 30.1. The molecule has 15 rings (SSSR count). The third-order valence-electron chi connectivity index (χ3n) is 18.3. The van der Waals surface area contributed by atoms with Crippen LogP contribution in [0.3, 0.4) is 0 Å². The van der Waals surface area contributed by atoms with Gasteiger partial charge in [0.1, 0.15) is 5.76 Å². The minimum atomic E-state index is -4.35. The maximum atomic E-state index is 13.3. The first-order chi connectivity index (χ1) is 59.9. The van der Waals surface area contributed by atoms with Crippen molar-refractivity contribution in [1.82, 2.24) is 24.9 Å². The van der Waals surface area contributed by atoms with Crippen LogP contribution < -0.4 is 0 Å². The molecule has 24 heteroatoms. The number of aromatic nitrogens is 5. The number of pyridine rings is 5. The van der Waals surface area contributed by atoms with E-state index in [1.54, 1.807) is 31.6 Å². The summed E-state index contributed by atoms with van der Waals surface area (Å²) in [6, 6.07) is 85.4. The van der Waals surface area contributed by atoms with Crippen LogP contribution in [0.25, 0.3) is 110 Å². The molecule has 0 spiro atoms. The number of hydrogen-bond acceptors (Lipinski definition) is 13. The number of fused-ring (bicyclic) bond motifs is 5. The molecule has 699 valence electrons. The van der Waals surface area contributed by atoms with Crippen molar-refractivity contribution in [1.29, 1.82) is 0 Å². The molecule has 5 aromatic heterocycles. The number of aliphatic hydroxyl groups excluding tert-OH is 4. The average Bonchev–Trinajstić information content (AvgIpc) is 0.813. The maximum Gasteiger partial charge on any atom is 0.381 e. The monoisotopic (exact) mass is 2680 g/mol. The van der Waals surface area contributed by atoms with Crippen LogP contribution in [0.4, 0.5) is 26.3 Å². The first-order valence-electron chi connectivity index (χ1n) is 40.3. The second-order valence-corrected chi connectivity index (χ2v) is 32.5. The van der Waals surface area contributed by atoms with Crippen LogP contribution in [0.5, 0.6) is 0 Å². The summed E-state index contributed by atoms with van der Waals surface area (Å²) in [4.78, 5) is 63.4. The van der Waals surface area contributed by atoms with E-state index in [-0.39, 0.29) is 163 Å². The molecular weight excluding hydrogens is 2570 g/mol. The molecule has 0 aliphatic heterocycles. The molecule has 132 heavy (non-hydrogen) atoms. The quantitative estimate of drug-likeness (QED) is 0.0459. The number of hydrogen-bond donors (Lipinski definition) is 4. The Balaban J connectivity index is 0.000000512. The fourth-order valence-corrected chi connectivity index (χ4v) is 11.9. The summed E-state index contributed by atoms with van der Waals surface area (Å²) in [7, 11) is 0. The Bertz CT molecular complexity index is 6200. The van der Waals surface area contributed by atoms with Gasteiger partial charge in [-0.2, -0.15) is 13.2 Å². The van der Waals surface area contributed by atoms with E-state index in [9.17, 15) is 50.6 Å². The van der Waals surface area contributed by atoms with Gasteiger partial charge in [-0.3, -0.25) is 23.6 Å². The van der Waals surface area contributed by atoms with Crippen molar-refractivity contribution in [3.63, 3.8) is 0 Å². The molecule has 0 fully saturated rings. The van der Waals surface area contributed by atoms with Gasteiger partial charge in [0.2, 0.25) is 0 Å². The average molecular weight is 2670 g/mol. The van der Waals surface area contributed by atoms with Crippen LogP contribution in [0.1, 0.15) is 126 Å². The van der Waals surface area contributed by atoms with Crippen molar-refractivity contribution >= 4 is 77.0 Å². The van der Waals surface area contributed by atoms with Crippen LogP contribution >= 0.6 is 0 Å². The Morgan fingerprint density at radius 2 is 0.735 bits per heavy atom. The van der Waals surface area contributed by atoms with Crippen molar-refractivity contribution in [3.8, 4) is 56.3 Å². The standard InChI is InChI=1S/C19H18N.C16H9F3N.C16H11FN.C16H12N.C15H8F2N.C11H20O2.3C5H8O2.5Ir/c1-19(2,3)16-10-8-15(9-11-16)18-17-7-5-4-6-14(17)12-13-20-18;17-16(18,19)13-7-5-12(6-8-13)15-14-4-2-1-3-11(14)9-10-20-15;1-11-10-13(6-7-15(11)17)16-14-5-3-2-4-12(14)8-9-18-16;1-12-5-4-8-14(9-12)16-10-13-6-2-3-7-15(13)11-17-16;16-12-7-11(8-13(17)9-12)15-14-4-2-1-3-10(14)5-6-18-15;1-10(2,3)8(12)7-9(13)11(4,5)6;3*1-4(6)3-5(2)7;;;;;/h4-8,10-13H,1-3H3;1-5,7-10H;2-5,7-10H,1H3;2-7,9-11H,1H3;1-7,9H;7,12H,1-6H3;3*3,6H,1-2H3;;;;;/q5*-1;;;;;;;;;. The number of halogens is 6. The number of aliphatic hydroxyl groups is 4. The molecule has 10 aromatic carbocycles. The number of ketones is 4. The number of alkyl halides is 3. The number of carbonyl (C=O) groups excluding carboxylic acids is 4. The van der Waals surface area contributed by atoms with Crippen molar-refractivity contribution in [2.24, 2.45) is 10.8 Å². The molecule has 4 N–H and O–H groups in total. The Labute approximate surface area is 836 Å². The van der Waals surface area contributed by atoms with Crippen molar-refractivity contribution < 1.29 is 166 Å². The maximum absolute atomic E-state index is 13.3. The van der Waals surface area contributed by atoms with E-state index in [2.05, 4.69) is 150 Å². The molecule has 0 saturated carbocycles. The minimum absolute atomic E-state index is 0. The number of benzene rings is 10. The molecular formula is C108H102F6Ir5N5O8-5. The normalized spacial score (nSPS) is 11.1. The van der Waals surface area contributed by atoms with Gasteiger partial charge >= 0.3 is 6.18 Å². The van der Waals surface area contributed by atoms with Gasteiger partial charge in [-0.15, -0.1) is 142 Å². The number of aryl methyl sites for hydroxylation is 2. The first-order valence-corrected chi connectivity index (χ1v) is 40.3. The topological polar surface area (TPSA) is 214 Å². The molecule has 5 radical (unpaired) electrons. The molecule has 0 aliphatic carbocycles. The van der Waals surface area contributed by atoms with E-state index in [0.29, 0.717) is 28.1 Å². The summed E-state index contributed by atoms with van der Waals surface area (Å²) in [5.41, 5.74) is 9.61. The van der Waals surface area contributed by atoms with Gasteiger partial charge in [-0.25, -0.2) is 8.78 Å². The molecule has 0 bridgehead atoms. The Hall–Kier alpha value is -11.1. The van der Waals surface area contributed by atoms with Crippen molar-refractivity contribution in [2.45, 2.75) is 129 Å². The van der Waals surface area contributed by atoms with Crippen molar-refractivity contribution in [3.05, 3.63) is 379 Å². The van der Waals surface area contributed by atoms with Gasteiger partial charge in [0.05, 0.1) is 17.3 Å². The van der Waals surface area contributed by atoms with E-state index >= 15 is 0 Å². The third-order valence-corrected chi connectivity index (χ3v) is 18.3. The summed E-state index contributed by atoms with van der Waals surface area (Å²) < 4.78 is 77.3. The summed E-state index contributed by atoms with van der Waals surface area (Å²) in [5, 5.41) is 45.3. The van der Waals surface area contributed by atoms with Crippen LogP contribution in [-0.2, 0) is 131 Å². The largest absolute Gasteiger partial charge is 0.512 e. The van der Waals surface area contributed by atoms with E-state index in [1.165, 1.54) is 117 Å². The predicted molar refractivity (Wildman–Crippen MR) is 499 cm³/mol. The second-order valence-electron chi connectivity index (χ2n) is 32.5. The van der Waals surface area contributed by atoms with Gasteiger partial charge in [0, 0.05) is 184 Å². The van der Waals surface area contributed by atoms with Crippen LogP contribution in [0.15, 0.2) is 309 Å². The van der Waals surface area contributed by atoms with Crippen LogP contribution in [0.2, 0.25) is 0 Å². The van der Waals surface area contributed by atoms with E-state index in [1.807, 2.05) is 175 Å². The van der Waals surface area contributed by atoms with Crippen LogP contribution in [0, 0.1) is 72.5 Å². The summed E-state index contributed by atoms with van der Waals surface area (Å²) in [5.74, 6) is -1.67. The van der Waals surface area contributed by atoms with Gasteiger partial charge < -0.3 is 45.3 Å². The molecule has 0 aliphatic rings. The van der Waals surface area contributed by atoms with Crippen molar-refractivity contribution in [2.75, 3.05) is 0 Å². The van der Waals surface area contributed by atoms with Gasteiger partial charge in [-0.1, -0.05) is 215 Å². The van der Waals surface area contributed by atoms with Gasteiger partial charge in [-0.05, 0) is 159 Å². The Morgan fingerprint density at radius 1 is 0.364 bits per heavy atom. The summed E-state index contributed by atoms with van der Waals surface area (Å²) in [6.07, 6.45) is 9.30. The molecule has 0 saturated heterocycles. The Morgan fingerprint density at radius 3 is 1.07 bits per heavy atom. The number of carbonyl (C=O) groups is 4. The minimum Gasteiger partial charge on any atom is -0.512 e. The first kappa shape index (κ1) is 117. The molecule has 0 amide bonds. The van der Waals surface area contributed by atoms with E-state index in [0.717, 1.165) is 84.3 Å². The Kier molecular flexibility index (Phi) is 49.1. The van der Waals surface area contributed by atoms with Gasteiger partial charge in [0.25, 0.3) is 0 Å². The zero-order valence-corrected chi connectivity index (χ0v) is 87.7. The predicted octanol–water partition coefficient (Wildman–Crippen LogP) is 28.0. The number of allylic oxidation sites excluding steroid dienone is 8. The number of nitrogens with zero attached hydrogens (tertiary/aromatic N) is 5. The second kappa shape index (κ2) is 55.4. The fourth-order valence-electron chi connectivity index (χ4n) is 11.9. The van der Waals surface area contributed by atoms with Gasteiger partial charge in [0.15, 0.2) is 23.1 Å². The van der Waals surface area contributed by atoms with E-state index < -0.39 is 28.8 Å². The molecule has 0 unspecified atom stereocenters. The molecule has 13 nitrogen and oxygen atoms in total. The molecule has 5 heterocycles. The van der Waals surface area contributed by atoms with E-state index in [4.69, 9.17) is 15.3 Å². The summed E-state index contributed by atoms with van der Waals surface area (Å²) >= 11 is 0. The zero-order chi connectivity index (χ0) is 93.5. The number of rotatable bonds is 9. The fraction of sp³-hybridized carbons (Fsp3) is 0.194. The third kappa shape index (κ3) is 38.2. The van der Waals surface area contributed by atoms with Crippen LogP contribution in [-0.4, -0.2) is 68.5 Å². The molecule has 0 atom stereocenters. The molecule has 15 aromatic rings.